The van der Waals surface area contributed by atoms with Gasteiger partial charge in [-0.3, -0.25) is 14.6 Å². The molecule has 1 amide bonds. The van der Waals surface area contributed by atoms with Gasteiger partial charge in [0.05, 0.1) is 0 Å². The highest BCUT2D eigenvalue weighted by molar-refractivity contribution is 5.82. The van der Waals surface area contributed by atoms with Crippen molar-refractivity contribution in [3.63, 3.8) is 0 Å². The molecule has 2 fully saturated rings. The molecular weight excluding hydrogens is 250 g/mol. The smallest absolute Gasteiger partial charge is 0.228 e. The lowest BCUT2D eigenvalue weighted by Gasteiger charge is -2.51. The number of piperazine rings is 1. The lowest BCUT2D eigenvalue weighted by atomic mass is 9.92. The molecule has 2 saturated heterocycles. The fourth-order valence-electron chi connectivity index (χ4n) is 3.08. The molecule has 0 aliphatic carbocycles. The van der Waals surface area contributed by atoms with Crippen molar-refractivity contribution < 1.29 is 4.79 Å². The summed E-state index contributed by atoms with van der Waals surface area (Å²) >= 11 is 0. The SMILES string of the molecule is CC(C)(C)C(=O)N1CC(N2CCN(C(C)(C)C)CC2)C1. The van der Waals surface area contributed by atoms with E-state index in [2.05, 4.69) is 30.6 Å². The van der Waals surface area contributed by atoms with Crippen LogP contribution in [-0.2, 0) is 4.79 Å². The summed E-state index contributed by atoms with van der Waals surface area (Å²) in [4.78, 5) is 19.3. The molecule has 2 heterocycles. The number of likely N-dealkylation sites (tertiary alicyclic amines) is 1. The van der Waals surface area contributed by atoms with Gasteiger partial charge < -0.3 is 4.90 Å². The topological polar surface area (TPSA) is 26.8 Å². The molecule has 116 valence electrons. The molecule has 0 saturated carbocycles. The molecule has 0 aromatic carbocycles. The van der Waals surface area contributed by atoms with Crippen molar-refractivity contribution in [2.75, 3.05) is 39.3 Å². The molecular formula is C16H31N3O. The van der Waals surface area contributed by atoms with Gasteiger partial charge in [-0.15, -0.1) is 0 Å². The van der Waals surface area contributed by atoms with E-state index in [1.165, 1.54) is 0 Å². The first kappa shape index (κ1) is 15.8. The number of hydrogen-bond donors (Lipinski definition) is 0. The van der Waals surface area contributed by atoms with E-state index in [0.29, 0.717) is 11.9 Å². The molecule has 4 nitrogen and oxygen atoms in total. The summed E-state index contributed by atoms with van der Waals surface area (Å²) in [5, 5.41) is 0. The second-order valence-electron chi connectivity index (χ2n) is 8.31. The predicted molar refractivity (Wildman–Crippen MR) is 82.7 cm³/mol. The summed E-state index contributed by atoms with van der Waals surface area (Å²) in [7, 11) is 0. The Balaban J connectivity index is 1.77. The minimum atomic E-state index is -0.240. The first-order valence-corrected chi connectivity index (χ1v) is 7.87. The Morgan fingerprint density at radius 2 is 1.40 bits per heavy atom. The van der Waals surface area contributed by atoms with Gasteiger partial charge in [-0.05, 0) is 20.8 Å². The van der Waals surface area contributed by atoms with Gasteiger partial charge in [0.25, 0.3) is 0 Å². The van der Waals surface area contributed by atoms with Crippen LogP contribution in [0.3, 0.4) is 0 Å². The molecule has 0 aromatic rings. The zero-order valence-corrected chi connectivity index (χ0v) is 14.1. The van der Waals surface area contributed by atoms with E-state index in [-0.39, 0.29) is 11.0 Å². The van der Waals surface area contributed by atoms with Crippen LogP contribution < -0.4 is 0 Å². The van der Waals surface area contributed by atoms with E-state index in [0.717, 1.165) is 39.3 Å². The van der Waals surface area contributed by atoms with Crippen molar-refractivity contribution in [3.05, 3.63) is 0 Å². The van der Waals surface area contributed by atoms with Crippen molar-refractivity contribution in [2.45, 2.75) is 53.1 Å². The van der Waals surface area contributed by atoms with Crippen LogP contribution in [-0.4, -0.2) is 71.5 Å². The third-order valence-corrected chi connectivity index (χ3v) is 4.57. The largest absolute Gasteiger partial charge is 0.339 e. The lowest BCUT2D eigenvalue weighted by molar-refractivity contribution is -0.148. The van der Waals surface area contributed by atoms with Crippen molar-refractivity contribution in [2.24, 2.45) is 5.41 Å². The minimum Gasteiger partial charge on any atom is -0.339 e. The maximum absolute atomic E-state index is 12.2. The Morgan fingerprint density at radius 1 is 0.900 bits per heavy atom. The number of nitrogens with zero attached hydrogens (tertiary/aromatic N) is 3. The van der Waals surface area contributed by atoms with Crippen molar-refractivity contribution >= 4 is 5.91 Å². The number of carbonyl (C=O) groups is 1. The maximum Gasteiger partial charge on any atom is 0.228 e. The lowest BCUT2D eigenvalue weighted by Crippen LogP contribution is -2.66. The second kappa shape index (κ2) is 5.30. The Kier molecular flexibility index (Phi) is 4.18. The van der Waals surface area contributed by atoms with Crippen LogP contribution in [0.2, 0.25) is 0 Å². The van der Waals surface area contributed by atoms with Gasteiger partial charge in [0.15, 0.2) is 0 Å². The molecule has 0 bridgehead atoms. The van der Waals surface area contributed by atoms with Crippen LogP contribution in [0, 0.1) is 5.41 Å². The van der Waals surface area contributed by atoms with Gasteiger partial charge in [0, 0.05) is 56.3 Å². The molecule has 2 rings (SSSR count). The minimum absolute atomic E-state index is 0.240. The normalized spacial score (nSPS) is 23.8. The number of hydrogen-bond acceptors (Lipinski definition) is 3. The Bertz CT molecular complexity index is 353. The highest BCUT2D eigenvalue weighted by Gasteiger charge is 2.40. The Hall–Kier alpha value is -0.610. The highest BCUT2D eigenvalue weighted by atomic mass is 16.2. The molecule has 2 aliphatic rings. The fraction of sp³-hybridized carbons (Fsp3) is 0.938. The second-order valence-corrected chi connectivity index (χ2v) is 8.31. The molecule has 20 heavy (non-hydrogen) atoms. The summed E-state index contributed by atoms with van der Waals surface area (Å²) in [6.07, 6.45) is 0. The van der Waals surface area contributed by atoms with E-state index in [1.807, 2.05) is 25.7 Å². The summed E-state index contributed by atoms with van der Waals surface area (Å²) in [6.45, 7) is 19.3. The average Bonchev–Trinajstić information content (AvgIpc) is 2.25. The quantitative estimate of drug-likeness (QED) is 0.731. The summed E-state index contributed by atoms with van der Waals surface area (Å²) in [5.74, 6) is 0.294. The number of amides is 1. The molecule has 0 aromatic heterocycles. The summed E-state index contributed by atoms with van der Waals surface area (Å²) in [6, 6.07) is 0.586. The third kappa shape index (κ3) is 3.34. The standard InChI is InChI=1S/C16H31N3O/c1-15(2,3)14(20)18-11-13(12-18)17-7-9-19(10-8-17)16(4,5)6/h13H,7-12H2,1-6H3. The van der Waals surface area contributed by atoms with Crippen molar-refractivity contribution in [1.82, 2.24) is 14.7 Å². The van der Waals surface area contributed by atoms with E-state index in [1.54, 1.807) is 0 Å². The van der Waals surface area contributed by atoms with Gasteiger partial charge in [-0.25, -0.2) is 0 Å². The van der Waals surface area contributed by atoms with E-state index in [9.17, 15) is 4.79 Å². The van der Waals surface area contributed by atoms with Crippen LogP contribution in [0.15, 0.2) is 0 Å². The van der Waals surface area contributed by atoms with Gasteiger partial charge in [0.1, 0.15) is 0 Å². The molecule has 0 atom stereocenters. The average molecular weight is 281 g/mol. The number of rotatable bonds is 1. The van der Waals surface area contributed by atoms with Crippen molar-refractivity contribution in [3.8, 4) is 0 Å². The predicted octanol–water partition coefficient (Wildman–Crippen LogP) is 1.66. The van der Waals surface area contributed by atoms with Crippen LogP contribution in [0.4, 0.5) is 0 Å². The monoisotopic (exact) mass is 281 g/mol. The van der Waals surface area contributed by atoms with Crippen molar-refractivity contribution in [1.29, 1.82) is 0 Å². The van der Waals surface area contributed by atoms with E-state index < -0.39 is 0 Å². The fourth-order valence-corrected chi connectivity index (χ4v) is 3.08. The van der Waals surface area contributed by atoms with E-state index >= 15 is 0 Å². The zero-order chi connectivity index (χ0) is 15.1. The molecule has 2 aliphatic heterocycles. The summed E-state index contributed by atoms with van der Waals surface area (Å²) < 4.78 is 0. The van der Waals surface area contributed by atoms with Crippen LogP contribution >= 0.6 is 0 Å². The summed E-state index contributed by atoms with van der Waals surface area (Å²) in [5.41, 5.74) is 0.0375. The molecule has 0 spiro atoms. The third-order valence-electron chi connectivity index (χ3n) is 4.57. The van der Waals surface area contributed by atoms with Crippen LogP contribution in [0.1, 0.15) is 41.5 Å². The van der Waals surface area contributed by atoms with Gasteiger partial charge >= 0.3 is 0 Å². The molecule has 4 heteroatoms. The first-order valence-electron chi connectivity index (χ1n) is 7.87. The molecule has 0 N–H and O–H groups in total. The molecule has 0 unspecified atom stereocenters. The Labute approximate surface area is 124 Å². The highest BCUT2D eigenvalue weighted by Crippen LogP contribution is 2.25. The van der Waals surface area contributed by atoms with Gasteiger partial charge in [-0.2, -0.15) is 0 Å². The first-order chi connectivity index (χ1) is 9.09. The van der Waals surface area contributed by atoms with Crippen LogP contribution in [0.25, 0.3) is 0 Å². The van der Waals surface area contributed by atoms with E-state index in [4.69, 9.17) is 0 Å². The van der Waals surface area contributed by atoms with Gasteiger partial charge in [0.2, 0.25) is 5.91 Å². The Morgan fingerprint density at radius 3 is 1.80 bits per heavy atom. The molecule has 0 radical (unpaired) electrons. The maximum atomic E-state index is 12.2. The number of carbonyl (C=O) groups excluding carboxylic acids is 1. The van der Waals surface area contributed by atoms with Gasteiger partial charge in [-0.1, -0.05) is 20.8 Å². The van der Waals surface area contributed by atoms with Crippen LogP contribution in [0.5, 0.6) is 0 Å². The zero-order valence-electron chi connectivity index (χ0n) is 14.1.